The SMILES string of the molecule is CC(=O)OCC(=O)NCCN(C=N)c1ccc(-c2ccc(NCC(CO)ON=O)cc2F)cn1. The van der Waals surface area contributed by atoms with E-state index in [1.54, 1.807) is 24.3 Å². The van der Waals surface area contributed by atoms with Gasteiger partial charge in [0.25, 0.3) is 5.91 Å². The van der Waals surface area contributed by atoms with Gasteiger partial charge in [0.05, 0.1) is 19.5 Å². The van der Waals surface area contributed by atoms with Crippen molar-refractivity contribution in [1.29, 1.82) is 5.41 Å². The average molecular weight is 476 g/mol. The molecular weight excluding hydrogens is 451 g/mol. The molecule has 13 heteroatoms. The second-order valence-electron chi connectivity index (χ2n) is 6.92. The number of nitrogens with one attached hydrogen (secondary N) is 3. The summed E-state index contributed by atoms with van der Waals surface area (Å²) in [6.07, 6.45) is 1.66. The van der Waals surface area contributed by atoms with Crippen LogP contribution in [0.25, 0.3) is 11.1 Å². The van der Waals surface area contributed by atoms with E-state index in [4.69, 9.17) is 10.5 Å². The lowest BCUT2D eigenvalue weighted by atomic mass is 10.1. The molecule has 0 bridgehead atoms. The molecule has 1 aromatic carbocycles. The second kappa shape index (κ2) is 13.4. The third kappa shape index (κ3) is 8.09. The van der Waals surface area contributed by atoms with E-state index >= 15 is 0 Å². The first-order valence-corrected chi connectivity index (χ1v) is 10.1. The molecule has 0 aliphatic rings. The second-order valence-corrected chi connectivity index (χ2v) is 6.92. The number of benzene rings is 1. The largest absolute Gasteiger partial charge is 0.456 e. The summed E-state index contributed by atoms with van der Waals surface area (Å²) in [6, 6.07) is 7.69. The van der Waals surface area contributed by atoms with Crippen molar-refractivity contribution in [2.45, 2.75) is 13.0 Å². The van der Waals surface area contributed by atoms with E-state index in [1.165, 1.54) is 24.1 Å². The number of carbonyl (C=O) groups is 2. The maximum absolute atomic E-state index is 14.6. The van der Waals surface area contributed by atoms with Crippen LogP contribution in [-0.2, 0) is 19.2 Å². The standard InChI is InChI=1S/C21H25FN6O6/c1-14(30)33-12-21(31)24-6-7-28(13-23)20-5-2-15(9-26-20)18-4-3-16(8-19(18)22)25-10-17(11-29)34-27-32/h2-5,8-9,13,17,23,25,29H,6-7,10-12H2,1H3,(H,24,31). The summed E-state index contributed by atoms with van der Waals surface area (Å²) >= 11 is 0. The Labute approximate surface area is 194 Å². The number of anilines is 2. The Morgan fingerprint density at radius 1 is 1.35 bits per heavy atom. The first kappa shape index (κ1) is 26.1. The Morgan fingerprint density at radius 3 is 2.74 bits per heavy atom. The van der Waals surface area contributed by atoms with Crippen molar-refractivity contribution in [3.05, 3.63) is 47.3 Å². The molecule has 0 spiro atoms. The third-order valence-electron chi connectivity index (χ3n) is 4.49. The average Bonchev–Trinajstić information content (AvgIpc) is 2.83. The molecule has 0 aliphatic heterocycles. The number of amides is 1. The van der Waals surface area contributed by atoms with Crippen molar-refractivity contribution in [2.24, 2.45) is 5.34 Å². The Bertz CT molecular complexity index is 990. The van der Waals surface area contributed by atoms with Crippen LogP contribution in [0.5, 0.6) is 0 Å². The monoisotopic (exact) mass is 476 g/mol. The number of aliphatic hydroxyl groups is 1. The van der Waals surface area contributed by atoms with Crippen LogP contribution in [0.2, 0.25) is 0 Å². The van der Waals surface area contributed by atoms with Gasteiger partial charge < -0.3 is 30.2 Å². The Morgan fingerprint density at radius 2 is 2.15 bits per heavy atom. The number of pyridine rings is 1. The van der Waals surface area contributed by atoms with E-state index in [9.17, 15) is 18.9 Å². The van der Waals surface area contributed by atoms with Crippen molar-refractivity contribution >= 4 is 29.7 Å². The minimum absolute atomic E-state index is 0.0565. The predicted octanol–water partition coefficient (Wildman–Crippen LogP) is 1.45. The van der Waals surface area contributed by atoms with Crippen LogP contribution in [0.1, 0.15) is 6.92 Å². The molecule has 2 rings (SSSR count). The molecule has 0 saturated carbocycles. The van der Waals surface area contributed by atoms with Gasteiger partial charge in [0.1, 0.15) is 11.6 Å². The van der Waals surface area contributed by atoms with Crippen molar-refractivity contribution in [1.82, 2.24) is 10.3 Å². The van der Waals surface area contributed by atoms with E-state index in [2.05, 4.69) is 30.5 Å². The van der Waals surface area contributed by atoms with E-state index in [0.717, 1.165) is 6.34 Å². The smallest absolute Gasteiger partial charge is 0.303 e. The first-order valence-electron chi connectivity index (χ1n) is 10.1. The van der Waals surface area contributed by atoms with Gasteiger partial charge >= 0.3 is 5.97 Å². The molecule has 12 nitrogen and oxygen atoms in total. The summed E-state index contributed by atoms with van der Waals surface area (Å²) in [7, 11) is 0. The van der Waals surface area contributed by atoms with Crippen molar-refractivity contribution in [3.8, 4) is 11.1 Å². The van der Waals surface area contributed by atoms with Crippen LogP contribution in [0.4, 0.5) is 15.9 Å². The highest BCUT2D eigenvalue weighted by atomic mass is 19.1. The van der Waals surface area contributed by atoms with Gasteiger partial charge in [0.15, 0.2) is 18.1 Å². The lowest BCUT2D eigenvalue weighted by Gasteiger charge is -2.18. The Balaban J connectivity index is 1.96. The maximum atomic E-state index is 14.6. The van der Waals surface area contributed by atoms with Crippen LogP contribution in [0, 0.1) is 16.1 Å². The number of ether oxygens (including phenoxy) is 1. The quantitative estimate of drug-likeness (QED) is 0.104. The lowest BCUT2D eigenvalue weighted by Crippen LogP contribution is -2.36. The zero-order valence-electron chi connectivity index (χ0n) is 18.4. The number of halogens is 1. The number of esters is 1. The summed E-state index contributed by atoms with van der Waals surface area (Å²) < 4.78 is 19.2. The molecule has 182 valence electrons. The maximum Gasteiger partial charge on any atom is 0.303 e. The number of aliphatic hydroxyl groups excluding tert-OH is 1. The predicted molar refractivity (Wildman–Crippen MR) is 122 cm³/mol. The number of hydrogen-bond acceptors (Lipinski definition) is 10. The molecule has 34 heavy (non-hydrogen) atoms. The van der Waals surface area contributed by atoms with Gasteiger partial charge in [-0.15, -0.1) is 4.91 Å². The molecule has 0 fully saturated rings. The molecule has 1 aromatic heterocycles. The third-order valence-corrected chi connectivity index (χ3v) is 4.49. The van der Waals surface area contributed by atoms with Gasteiger partial charge in [-0.25, -0.2) is 9.37 Å². The van der Waals surface area contributed by atoms with Gasteiger partial charge in [0.2, 0.25) is 0 Å². The minimum Gasteiger partial charge on any atom is -0.456 e. The van der Waals surface area contributed by atoms with Gasteiger partial charge in [-0.05, 0) is 30.3 Å². The summed E-state index contributed by atoms with van der Waals surface area (Å²) in [4.78, 5) is 42.6. The molecular formula is C21H25FN6O6. The molecule has 1 heterocycles. The summed E-state index contributed by atoms with van der Waals surface area (Å²) in [5.41, 5.74) is 1.23. The molecule has 2 aromatic rings. The molecule has 1 amide bonds. The minimum atomic E-state index is -0.851. The van der Waals surface area contributed by atoms with Gasteiger partial charge in [-0.1, -0.05) is 0 Å². The molecule has 1 atom stereocenters. The fourth-order valence-electron chi connectivity index (χ4n) is 2.78. The zero-order chi connectivity index (χ0) is 24.9. The van der Waals surface area contributed by atoms with Gasteiger partial charge in [0, 0.05) is 43.0 Å². The Kier molecular flexibility index (Phi) is 10.3. The summed E-state index contributed by atoms with van der Waals surface area (Å²) in [5.74, 6) is -1.11. The normalized spacial score (nSPS) is 11.1. The summed E-state index contributed by atoms with van der Waals surface area (Å²) in [5, 5.41) is 24.3. The van der Waals surface area contributed by atoms with E-state index in [-0.39, 0.29) is 26.2 Å². The topological polar surface area (TPSA) is 166 Å². The highest BCUT2D eigenvalue weighted by Crippen LogP contribution is 2.26. The number of aromatic nitrogens is 1. The van der Waals surface area contributed by atoms with E-state index < -0.39 is 30.4 Å². The number of rotatable bonds is 14. The van der Waals surface area contributed by atoms with Crippen LogP contribution in [0.15, 0.2) is 41.9 Å². The molecule has 0 aliphatic carbocycles. The van der Waals surface area contributed by atoms with Gasteiger partial charge in [-0.3, -0.25) is 15.0 Å². The summed E-state index contributed by atoms with van der Waals surface area (Å²) in [6.45, 7) is 0.890. The van der Waals surface area contributed by atoms with Crippen molar-refractivity contribution < 1.29 is 28.7 Å². The fraction of sp³-hybridized carbons (Fsp3) is 0.333. The van der Waals surface area contributed by atoms with Crippen LogP contribution >= 0.6 is 0 Å². The number of nitrogens with zero attached hydrogens (tertiary/aromatic N) is 3. The Hall–Kier alpha value is -4.13. The molecule has 1 unspecified atom stereocenters. The first-order chi connectivity index (χ1) is 16.4. The highest BCUT2D eigenvalue weighted by molar-refractivity contribution is 5.80. The van der Waals surface area contributed by atoms with Gasteiger partial charge in [-0.2, -0.15) is 0 Å². The number of carbonyl (C=O) groups excluding carboxylic acids is 2. The lowest BCUT2D eigenvalue weighted by molar-refractivity contribution is -0.146. The molecule has 4 N–H and O–H groups in total. The van der Waals surface area contributed by atoms with Crippen molar-refractivity contribution in [3.63, 3.8) is 0 Å². The van der Waals surface area contributed by atoms with Crippen molar-refractivity contribution in [2.75, 3.05) is 43.1 Å². The van der Waals surface area contributed by atoms with Crippen LogP contribution in [-0.4, -0.2) is 67.3 Å². The van der Waals surface area contributed by atoms with Crippen LogP contribution < -0.4 is 15.5 Å². The molecule has 0 radical (unpaired) electrons. The van der Waals surface area contributed by atoms with E-state index in [1.807, 2.05) is 0 Å². The highest BCUT2D eigenvalue weighted by Gasteiger charge is 2.12. The fourth-order valence-corrected chi connectivity index (χ4v) is 2.78. The number of hydrogen-bond donors (Lipinski definition) is 4. The molecule has 0 saturated heterocycles. The van der Waals surface area contributed by atoms with E-state index in [0.29, 0.717) is 22.6 Å². The zero-order valence-corrected chi connectivity index (χ0v) is 18.4. The van der Waals surface area contributed by atoms with Crippen LogP contribution in [0.3, 0.4) is 0 Å².